The smallest absolute Gasteiger partial charge is 0.352 e. The van der Waals surface area contributed by atoms with Gasteiger partial charge >= 0.3 is 11.6 Å². The minimum atomic E-state index is -0.459. The monoisotopic (exact) mass is 415 g/mol. The van der Waals surface area contributed by atoms with E-state index < -0.39 is 4.92 Å². The zero-order valence-corrected chi connectivity index (χ0v) is 16.4. The highest BCUT2D eigenvalue weighted by molar-refractivity contribution is 6.31. The van der Waals surface area contributed by atoms with Gasteiger partial charge in [-0.1, -0.05) is 18.5 Å². The van der Waals surface area contributed by atoms with Crippen molar-refractivity contribution in [1.82, 2.24) is 19.7 Å². The zero-order chi connectivity index (χ0) is 19.6. The lowest BCUT2D eigenvalue weighted by molar-refractivity contribution is -0.386. The molecule has 0 amide bonds. The normalized spacial score (nSPS) is 15.4. The number of aromatic nitrogens is 4. The quantitative estimate of drug-likeness (QED) is 0.369. The van der Waals surface area contributed by atoms with Crippen molar-refractivity contribution >= 4 is 28.9 Å². The van der Waals surface area contributed by atoms with E-state index in [0.717, 1.165) is 0 Å². The fourth-order valence-electron chi connectivity index (χ4n) is 2.82. The molecule has 2 aromatic heterocycles. The van der Waals surface area contributed by atoms with Crippen LogP contribution < -0.4 is 4.74 Å². The summed E-state index contributed by atoms with van der Waals surface area (Å²) < 4.78 is 12.4. The molecular weight excluding hydrogens is 397 g/mol. The first-order valence-electron chi connectivity index (χ1n) is 8.47. The highest BCUT2D eigenvalue weighted by atomic mass is 35.5. The summed E-state index contributed by atoms with van der Waals surface area (Å²) in [5.74, 6) is 0.218. The summed E-state index contributed by atoms with van der Waals surface area (Å²) in [5, 5.41) is 16.3. The van der Waals surface area contributed by atoms with Crippen LogP contribution in [0.1, 0.15) is 30.8 Å². The van der Waals surface area contributed by atoms with Gasteiger partial charge in [0.05, 0.1) is 47.7 Å². The standard InChI is InChI=1S/C16H19Cl2N5O4/c1-9(5-13-12(17)6-19-16(18)20-13)3-4-27-15-14(23(24)25)10(2)22(21-15)11-7-26-8-11/h6,9,11H,3-5,7-8H2,1-2H3/t9-/m1/s1. The molecule has 1 aliphatic rings. The van der Waals surface area contributed by atoms with E-state index in [2.05, 4.69) is 15.1 Å². The van der Waals surface area contributed by atoms with Gasteiger partial charge in [-0.25, -0.2) is 9.97 Å². The number of nitrogens with zero attached hydrogens (tertiary/aromatic N) is 5. The molecule has 9 nitrogen and oxygen atoms in total. The third-order valence-electron chi connectivity index (χ3n) is 4.41. The van der Waals surface area contributed by atoms with Crippen molar-refractivity contribution < 1.29 is 14.4 Å². The zero-order valence-electron chi connectivity index (χ0n) is 14.9. The average molecular weight is 416 g/mol. The lowest BCUT2D eigenvalue weighted by Crippen LogP contribution is -2.32. The summed E-state index contributed by atoms with van der Waals surface area (Å²) in [6.45, 7) is 4.96. The SMILES string of the molecule is Cc1c([N+](=O)[O-])c(OCC[C@@H](C)Cc2nc(Cl)ncc2Cl)nn1C1COC1. The first-order valence-corrected chi connectivity index (χ1v) is 9.23. The van der Waals surface area contributed by atoms with Gasteiger partial charge in [0.1, 0.15) is 5.69 Å². The summed E-state index contributed by atoms with van der Waals surface area (Å²) in [4.78, 5) is 18.9. The summed E-state index contributed by atoms with van der Waals surface area (Å²) in [5.41, 5.74) is 1.04. The van der Waals surface area contributed by atoms with Crippen molar-refractivity contribution in [2.24, 2.45) is 5.92 Å². The fraction of sp³-hybridized carbons (Fsp3) is 0.562. The van der Waals surface area contributed by atoms with Gasteiger partial charge in [0.25, 0.3) is 0 Å². The van der Waals surface area contributed by atoms with Crippen LogP contribution >= 0.6 is 23.2 Å². The maximum atomic E-state index is 11.4. The van der Waals surface area contributed by atoms with Crippen molar-refractivity contribution in [3.8, 4) is 5.88 Å². The van der Waals surface area contributed by atoms with Crippen molar-refractivity contribution in [2.45, 2.75) is 32.7 Å². The van der Waals surface area contributed by atoms with Crippen molar-refractivity contribution in [3.63, 3.8) is 0 Å². The first kappa shape index (κ1) is 19.8. The summed E-state index contributed by atoms with van der Waals surface area (Å²) in [7, 11) is 0. The molecule has 0 unspecified atom stereocenters. The molecule has 1 atom stereocenters. The van der Waals surface area contributed by atoms with Crippen LogP contribution in [0, 0.1) is 23.0 Å². The summed E-state index contributed by atoms with van der Waals surface area (Å²) in [6.07, 6.45) is 2.71. The Kier molecular flexibility index (Phi) is 6.13. The topological polar surface area (TPSA) is 105 Å². The van der Waals surface area contributed by atoms with Crippen LogP contribution in [0.4, 0.5) is 5.69 Å². The molecule has 2 aromatic rings. The highest BCUT2D eigenvalue weighted by Crippen LogP contribution is 2.33. The molecule has 0 N–H and O–H groups in total. The van der Waals surface area contributed by atoms with E-state index in [4.69, 9.17) is 32.7 Å². The lowest BCUT2D eigenvalue weighted by atomic mass is 10.0. The molecule has 0 radical (unpaired) electrons. The minimum Gasteiger partial charge on any atom is -0.472 e. The number of ether oxygens (including phenoxy) is 2. The Morgan fingerprint density at radius 1 is 1.48 bits per heavy atom. The van der Waals surface area contributed by atoms with Crippen LogP contribution in [-0.4, -0.2) is 44.5 Å². The fourth-order valence-corrected chi connectivity index (χ4v) is 3.14. The summed E-state index contributed by atoms with van der Waals surface area (Å²) >= 11 is 11.9. The van der Waals surface area contributed by atoms with E-state index in [1.807, 2.05) is 6.92 Å². The van der Waals surface area contributed by atoms with Crippen LogP contribution in [0.2, 0.25) is 10.3 Å². The second-order valence-corrected chi connectivity index (χ2v) is 7.26. The number of nitro groups is 1. The van der Waals surface area contributed by atoms with Gasteiger partial charge in [-0.15, -0.1) is 5.10 Å². The lowest BCUT2D eigenvalue weighted by Gasteiger charge is -2.26. The molecule has 3 heterocycles. The molecule has 0 aliphatic carbocycles. The van der Waals surface area contributed by atoms with Crippen LogP contribution in [0.25, 0.3) is 0 Å². The molecule has 1 fully saturated rings. The Bertz CT molecular complexity index is 840. The van der Waals surface area contributed by atoms with E-state index in [1.165, 1.54) is 6.20 Å². The molecule has 3 rings (SSSR count). The number of hydrogen-bond donors (Lipinski definition) is 0. The molecule has 0 spiro atoms. The van der Waals surface area contributed by atoms with Crippen LogP contribution in [-0.2, 0) is 11.2 Å². The Hall–Kier alpha value is -1.97. The Morgan fingerprint density at radius 2 is 2.22 bits per heavy atom. The molecule has 11 heteroatoms. The van der Waals surface area contributed by atoms with Crippen molar-refractivity contribution in [1.29, 1.82) is 0 Å². The van der Waals surface area contributed by atoms with Crippen LogP contribution in [0.5, 0.6) is 5.88 Å². The van der Waals surface area contributed by atoms with Crippen molar-refractivity contribution in [3.05, 3.63) is 38.0 Å². The van der Waals surface area contributed by atoms with Gasteiger partial charge in [-0.2, -0.15) is 0 Å². The Balaban J connectivity index is 1.61. The molecule has 27 heavy (non-hydrogen) atoms. The summed E-state index contributed by atoms with van der Waals surface area (Å²) in [6, 6.07) is 0.0182. The van der Waals surface area contributed by atoms with Crippen LogP contribution in [0.15, 0.2) is 6.20 Å². The van der Waals surface area contributed by atoms with E-state index in [9.17, 15) is 10.1 Å². The van der Waals surface area contributed by atoms with Gasteiger partial charge in [0.2, 0.25) is 5.28 Å². The number of rotatable bonds is 8. The van der Waals surface area contributed by atoms with Gasteiger partial charge < -0.3 is 9.47 Å². The Labute approximate surface area is 165 Å². The predicted octanol–water partition coefficient (Wildman–Crippen LogP) is 3.42. The Morgan fingerprint density at radius 3 is 2.85 bits per heavy atom. The van der Waals surface area contributed by atoms with E-state index in [0.29, 0.717) is 42.5 Å². The minimum absolute atomic E-state index is 0.0182. The molecule has 1 saturated heterocycles. The highest BCUT2D eigenvalue weighted by Gasteiger charge is 2.32. The maximum Gasteiger partial charge on any atom is 0.352 e. The van der Waals surface area contributed by atoms with E-state index in [1.54, 1.807) is 11.6 Å². The van der Waals surface area contributed by atoms with Crippen LogP contribution in [0.3, 0.4) is 0 Å². The third kappa shape index (κ3) is 4.48. The van der Waals surface area contributed by atoms with Crippen molar-refractivity contribution in [2.75, 3.05) is 19.8 Å². The maximum absolute atomic E-state index is 11.4. The molecular formula is C16H19Cl2N5O4. The molecule has 0 saturated carbocycles. The van der Waals surface area contributed by atoms with Gasteiger partial charge in [-0.05, 0) is 37.3 Å². The number of hydrogen-bond acceptors (Lipinski definition) is 7. The molecule has 0 bridgehead atoms. The average Bonchev–Trinajstić information content (AvgIpc) is 2.86. The van der Waals surface area contributed by atoms with E-state index >= 15 is 0 Å². The van der Waals surface area contributed by atoms with Gasteiger partial charge in [0.15, 0.2) is 0 Å². The van der Waals surface area contributed by atoms with Gasteiger partial charge in [0, 0.05) is 0 Å². The van der Waals surface area contributed by atoms with Gasteiger partial charge in [-0.3, -0.25) is 14.8 Å². The second kappa shape index (κ2) is 8.37. The molecule has 1 aliphatic heterocycles. The second-order valence-electron chi connectivity index (χ2n) is 6.51. The molecule has 0 aromatic carbocycles. The van der Waals surface area contributed by atoms with E-state index in [-0.39, 0.29) is 35.4 Å². The first-order chi connectivity index (χ1) is 12.9. The number of halogens is 2. The third-order valence-corrected chi connectivity index (χ3v) is 4.91. The molecule has 146 valence electrons. The predicted molar refractivity (Wildman–Crippen MR) is 98.5 cm³/mol. The largest absolute Gasteiger partial charge is 0.472 e.